The Morgan fingerprint density at radius 3 is 2.83 bits per heavy atom. The minimum Gasteiger partial charge on any atom is -0.379 e. The zero-order valence-corrected chi connectivity index (χ0v) is 11.7. The van der Waals surface area contributed by atoms with Gasteiger partial charge in [-0.05, 0) is 24.5 Å². The molecule has 4 heteroatoms. The molecule has 1 aromatic carbocycles. The fourth-order valence-electron chi connectivity index (χ4n) is 2.35. The number of piperidine rings is 1. The predicted molar refractivity (Wildman–Crippen MR) is 74.2 cm³/mol. The topological polar surface area (TPSA) is 29.5 Å². The molecule has 0 aromatic heterocycles. The van der Waals surface area contributed by atoms with E-state index in [0.29, 0.717) is 18.0 Å². The van der Waals surface area contributed by atoms with Gasteiger partial charge < -0.3 is 9.64 Å². The van der Waals surface area contributed by atoms with Crippen molar-refractivity contribution in [2.45, 2.75) is 24.3 Å². The highest BCUT2D eigenvalue weighted by atomic mass is 32.1. The summed E-state index contributed by atoms with van der Waals surface area (Å²) in [6.07, 6.45) is 1.12. The number of hydrogen-bond donors (Lipinski definition) is 1. The molecule has 0 radical (unpaired) electrons. The maximum atomic E-state index is 12.4. The van der Waals surface area contributed by atoms with Crippen molar-refractivity contribution in [3.63, 3.8) is 0 Å². The number of methoxy groups -OCH3 is 1. The highest BCUT2D eigenvalue weighted by Crippen LogP contribution is 2.22. The number of benzene rings is 1. The molecule has 0 aliphatic carbocycles. The maximum absolute atomic E-state index is 12.4. The number of ether oxygens (including phenoxy) is 1. The molecule has 1 aromatic rings. The summed E-state index contributed by atoms with van der Waals surface area (Å²) < 4.78 is 5.44. The van der Waals surface area contributed by atoms with E-state index < -0.39 is 0 Å². The predicted octanol–water partition coefficient (Wildman–Crippen LogP) is 2.47. The summed E-state index contributed by atoms with van der Waals surface area (Å²) in [5.74, 6) is 0.555. The molecule has 0 bridgehead atoms. The molecular formula is C14H19NO2S. The van der Waals surface area contributed by atoms with Crippen LogP contribution in [-0.2, 0) is 4.74 Å². The molecule has 3 nitrogen and oxygen atoms in total. The van der Waals surface area contributed by atoms with Gasteiger partial charge in [0.25, 0.3) is 5.91 Å². The van der Waals surface area contributed by atoms with Crippen LogP contribution in [0.15, 0.2) is 29.2 Å². The molecule has 2 rings (SSSR count). The number of carbonyl (C=O) groups excluding carboxylic acids is 1. The normalized spacial score (nSPS) is 24.1. The zero-order valence-electron chi connectivity index (χ0n) is 10.8. The summed E-state index contributed by atoms with van der Waals surface area (Å²) in [7, 11) is 1.71. The number of carbonyl (C=O) groups is 1. The minimum atomic E-state index is 0.0505. The molecule has 1 aliphatic heterocycles. The van der Waals surface area contributed by atoms with Gasteiger partial charge in [0, 0.05) is 25.1 Å². The van der Waals surface area contributed by atoms with Crippen LogP contribution < -0.4 is 0 Å². The van der Waals surface area contributed by atoms with E-state index in [1.165, 1.54) is 0 Å². The quantitative estimate of drug-likeness (QED) is 0.832. The van der Waals surface area contributed by atoms with E-state index in [1.54, 1.807) is 7.11 Å². The first-order valence-electron chi connectivity index (χ1n) is 6.23. The standard InChI is InChI=1S/C14H19NO2S/c1-10-7-8-15(9-12(10)17-2)14(16)11-5-3-4-6-13(11)18/h3-6,10,12,18H,7-9H2,1-2H3. The van der Waals surface area contributed by atoms with Crippen molar-refractivity contribution in [1.29, 1.82) is 0 Å². The third-order valence-electron chi connectivity index (χ3n) is 3.61. The molecule has 1 saturated heterocycles. The van der Waals surface area contributed by atoms with E-state index >= 15 is 0 Å². The second-order valence-corrected chi connectivity index (χ2v) is 5.29. The molecule has 1 fully saturated rings. The molecular weight excluding hydrogens is 246 g/mol. The van der Waals surface area contributed by atoms with Gasteiger partial charge in [0.05, 0.1) is 11.7 Å². The van der Waals surface area contributed by atoms with Crippen LogP contribution in [0.2, 0.25) is 0 Å². The number of likely N-dealkylation sites (tertiary alicyclic amines) is 1. The average Bonchev–Trinajstić information content (AvgIpc) is 2.39. The lowest BCUT2D eigenvalue weighted by Gasteiger charge is -2.36. The molecule has 98 valence electrons. The average molecular weight is 265 g/mol. The van der Waals surface area contributed by atoms with Gasteiger partial charge in [0.1, 0.15) is 0 Å². The van der Waals surface area contributed by atoms with E-state index in [-0.39, 0.29) is 12.0 Å². The Balaban J connectivity index is 2.13. The molecule has 2 unspecified atom stereocenters. The summed E-state index contributed by atoms with van der Waals surface area (Å²) in [5, 5.41) is 0. The van der Waals surface area contributed by atoms with Crippen LogP contribution >= 0.6 is 12.6 Å². The van der Waals surface area contributed by atoms with Gasteiger partial charge in [-0.1, -0.05) is 19.1 Å². The summed E-state index contributed by atoms with van der Waals surface area (Å²) in [6, 6.07) is 7.42. The molecule has 2 atom stereocenters. The molecule has 1 heterocycles. The molecule has 18 heavy (non-hydrogen) atoms. The second-order valence-electron chi connectivity index (χ2n) is 4.81. The third kappa shape index (κ3) is 2.70. The number of amides is 1. The lowest BCUT2D eigenvalue weighted by Crippen LogP contribution is -2.46. The highest BCUT2D eigenvalue weighted by molar-refractivity contribution is 7.80. The van der Waals surface area contributed by atoms with Crippen molar-refractivity contribution in [1.82, 2.24) is 4.90 Å². The molecule has 0 saturated carbocycles. The van der Waals surface area contributed by atoms with E-state index in [2.05, 4.69) is 19.6 Å². The Bertz CT molecular complexity index is 436. The van der Waals surface area contributed by atoms with Crippen molar-refractivity contribution in [3.05, 3.63) is 29.8 Å². The summed E-state index contributed by atoms with van der Waals surface area (Å²) in [5.41, 5.74) is 0.672. The molecule has 1 aliphatic rings. The first-order valence-corrected chi connectivity index (χ1v) is 6.68. The van der Waals surface area contributed by atoms with E-state index in [0.717, 1.165) is 17.9 Å². The smallest absolute Gasteiger partial charge is 0.255 e. The molecule has 0 spiro atoms. The lowest BCUT2D eigenvalue weighted by molar-refractivity contribution is -0.00168. The van der Waals surface area contributed by atoms with Crippen LogP contribution in [0.4, 0.5) is 0 Å². The van der Waals surface area contributed by atoms with Crippen molar-refractivity contribution >= 4 is 18.5 Å². The minimum absolute atomic E-state index is 0.0505. The fraction of sp³-hybridized carbons (Fsp3) is 0.500. The number of nitrogens with zero attached hydrogens (tertiary/aromatic N) is 1. The Hall–Kier alpha value is -1.00. The van der Waals surface area contributed by atoms with Crippen LogP contribution in [0, 0.1) is 5.92 Å². The number of thiol groups is 1. The Morgan fingerprint density at radius 1 is 1.44 bits per heavy atom. The summed E-state index contributed by atoms with van der Waals surface area (Å²) in [4.78, 5) is 15.0. The third-order valence-corrected chi connectivity index (χ3v) is 4.00. The monoisotopic (exact) mass is 265 g/mol. The SMILES string of the molecule is COC1CN(C(=O)c2ccccc2S)CCC1C. The van der Waals surface area contributed by atoms with Gasteiger partial charge in [0.2, 0.25) is 0 Å². The van der Waals surface area contributed by atoms with Crippen LogP contribution in [0.25, 0.3) is 0 Å². The molecule has 1 amide bonds. The zero-order chi connectivity index (χ0) is 13.1. The number of rotatable bonds is 2. The number of hydrogen-bond acceptors (Lipinski definition) is 3. The van der Waals surface area contributed by atoms with Crippen LogP contribution in [0.1, 0.15) is 23.7 Å². The van der Waals surface area contributed by atoms with Gasteiger partial charge in [-0.15, -0.1) is 12.6 Å². The Kier molecular flexibility index (Phi) is 4.30. The maximum Gasteiger partial charge on any atom is 0.255 e. The van der Waals surface area contributed by atoms with Crippen molar-refractivity contribution < 1.29 is 9.53 Å². The highest BCUT2D eigenvalue weighted by Gasteiger charge is 2.29. The van der Waals surface area contributed by atoms with Crippen LogP contribution in [-0.4, -0.2) is 37.1 Å². The van der Waals surface area contributed by atoms with Crippen molar-refractivity contribution in [2.75, 3.05) is 20.2 Å². The summed E-state index contributed by atoms with van der Waals surface area (Å²) in [6.45, 7) is 3.63. The fourth-order valence-corrected chi connectivity index (χ4v) is 2.61. The van der Waals surface area contributed by atoms with E-state index in [1.807, 2.05) is 29.2 Å². The lowest BCUT2D eigenvalue weighted by atomic mass is 9.95. The van der Waals surface area contributed by atoms with Crippen LogP contribution in [0.3, 0.4) is 0 Å². The van der Waals surface area contributed by atoms with E-state index in [9.17, 15) is 4.79 Å². The van der Waals surface area contributed by atoms with Crippen molar-refractivity contribution in [3.8, 4) is 0 Å². The Morgan fingerprint density at radius 2 is 2.17 bits per heavy atom. The van der Waals surface area contributed by atoms with Gasteiger partial charge in [-0.25, -0.2) is 0 Å². The largest absolute Gasteiger partial charge is 0.379 e. The van der Waals surface area contributed by atoms with Gasteiger partial charge in [-0.2, -0.15) is 0 Å². The van der Waals surface area contributed by atoms with Crippen molar-refractivity contribution in [2.24, 2.45) is 5.92 Å². The summed E-state index contributed by atoms with van der Waals surface area (Å²) >= 11 is 4.34. The van der Waals surface area contributed by atoms with Gasteiger partial charge in [0.15, 0.2) is 0 Å². The van der Waals surface area contributed by atoms with Crippen LogP contribution in [0.5, 0.6) is 0 Å². The van der Waals surface area contributed by atoms with Gasteiger partial charge in [-0.3, -0.25) is 4.79 Å². The molecule has 0 N–H and O–H groups in total. The van der Waals surface area contributed by atoms with Gasteiger partial charge >= 0.3 is 0 Å². The second kappa shape index (κ2) is 5.76. The first kappa shape index (κ1) is 13.4. The Labute approximate surface area is 114 Å². The van der Waals surface area contributed by atoms with E-state index in [4.69, 9.17) is 4.74 Å². The first-order chi connectivity index (χ1) is 8.63.